The van der Waals surface area contributed by atoms with Gasteiger partial charge in [-0.3, -0.25) is 4.98 Å². The summed E-state index contributed by atoms with van der Waals surface area (Å²) < 4.78 is 27.3. The van der Waals surface area contributed by atoms with Crippen LogP contribution in [0.4, 0.5) is 0 Å². The van der Waals surface area contributed by atoms with Gasteiger partial charge in [-0.15, -0.1) is 0 Å². The molecule has 0 radical (unpaired) electrons. The molecule has 1 N–H and O–H groups in total. The number of nitrogens with zero attached hydrogens (tertiary/aromatic N) is 2. The topological polar surface area (TPSA) is 62.3 Å². The van der Waals surface area contributed by atoms with Gasteiger partial charge in [0, 0.05) is 37.3 Å². The molecule has 0 aliphatic carbocycles. The lowest BCUT2D eigenvalue weighted by Gasteiger charge is -2.33. The van der Waals surface area contributed by atoms with Crippen molar-refractivity contribution in [3.8, 4) is 0 Å². The number of benzene rings is 1. The first-order valence-corrected chi connectivity index (χ1v) is 8.11. The fourth-order valence-corrected chi connectivity index (χ4v) is 4.44. The Kier molecular flexibility index (Phi) is 3.45. The van der Waals surface area contributed by atoms with Crippen molar-refractivity contribution in [3.05, 3.63) is 36.5 Å². The number of nitrogens with one attached hydrogen (secondary N) is 1. The lowest BCUT2D eigenvalue weighted by atomic mass is 10.2. The van der Waals surface area contributed by atoms with Crippen molar-refractivity contribution in [3.63, 3.8) is 0 Å². The van der Waals surface area contributed by atoms with E-state index in [4.69, 9.17) is 0 Å². The van der Waals surface area contributed by atoms with Crippen LogP contribution >= 0.6 is 0 Å². The molecule has 0 spiro atoms. The van der Waals surface area contributed by atoms with Gasteiger partial charge in [0.1, 0.15) is 0 Å². The van der Waals surface area contributed by atoms with Crippen LogP contribution in [-0.4, -0.2) is 43.4 Å². The number of pyridine rings is 1. The first-order chi connectivity index (χ1) is 9.60. The summed E-state index contributed by atoms with van der Waals surface area (Å²) in [5.74, 6) is 0. The molecule has 3 rings (SSSR count). The van der Waals surface area contributed by atoms with Gasteiger partial charge in [-0.2, -0.15) is 4.31 Å². The third-order valence-corrected chi connectivity index (χ3v) is 5.70. The number of aromatic nitrogens is 1. The van der Waals surface area contributed by atoms with E-state index >= 15 is 0 Å². The van der Waals surface area contributed by atoms with Gasteiger partial charge in [0.25, 0.3) is 0 Å². The van der Waals surface area contributed by atoms with E-state index in [0.717, 1.165) is 0 Å². The molecule has 0 amide bonds. The fourth-order valence-electron chi connectivity index (χ4n) is 2.61. The molecule has 106 valence electrons. The minimum atomic E-state index is -3.48. The van der Waals surface area contributed by atoms with E-state index in [9.17, 15) is 8.42 Å². The molecule has 5 nitrogen and oxygen atoms in total. The average molecular weight is 291 g/mol. The van der Waals surface area contributed by atoms with Crippen LogP contribution in [0, 0.1) is 0 Å². The number of fused-ring (bicyclic) bond motifs is 1. The highest BCUT2D eigenvalue weighted by Crippen LogP contribution is 2.26. The first-order valence-electron chi connectivity index (χ1n) is 6.67. The van der Waals surface area contributed by atoms with Gasteiger partial charge < -0.3 is 5.32 Å². The molecule has 0 bridgehead atoms. The van der Waals surface area contributed by atoms with E-state index < -0.39 is 10.0 Å². The van der Waals surface area contributed by atoms with Crippen LogP contribution in [-0.2, 0) is 10.0 Å². The Bertz CT molecular complexity index is 725. The van der Waals surface area contributed by atoms with Crippen molar-refractivity contribution in [2.24, 2.45) is 0 Å². The number of hydrogen-bond acceptors (Lipinski definition) is 4. The highest BCUT2D eigenvalue weighted by atomic mass is 32.2. The second-order valence-electron chi connectivity index (χ2n) is 5.00. The average Bonchev–Trinajstić information content (AvgIpc) is 2.47. The fraction of sp³-hybridized carbons (Fsp3) is 0.357. The molecular formula is C14H17N3O2S. The normalized spacial score (nSPS) is 21.1. The van der Waals surface area contributed by atoms with Gasteiger partial charge in [0.15, 0.2) is 0 Å². The van der Waals surface area contributed by atoms with E-state index in [1.807, 2.05) is 19.1 Å². The van der Waals surface area contributed by atoms with Crippen molar-refractivity contribution in [1.82, 2.24) is 14.6 Å². The summed E-state index contributed by atoms with van der Waals surface area (Å²) in [6, 6.07) is 8.77. The minimum absolute atomic E-state index is 0.0410. The maximum Gasteiger partial charge on any atom is 0.244 e. The summed E-state index contributed by atoms with van der Waals surface area (Å²) >= 11 is 0. The van der Waals surface area contributed by atoms with Crippen LogP contribution < -0.4 is 5.32 Å². The highest BCUT2D eigenvalue weighted by Gasteiger charge is 2.31. The summed E-state index contributed by atoms with van der Waals surface area (Å²) in [6.45, 7) is 3.79. The smallest absolute Gasteiger partial charge is 0.244 e. The number of rotatable bonds is 2. The summed E-state index contributed by atoms with van der Waals surface area (Å²) in [6.07, 6.45) is 1.67. The number of hydrogen-bond donors (Lipinski definition) is 1. The van der Waals surface area contributed by atoms with Crippen LogP contribution in [0.1, 0.15) is 6.92 Å². The van der Waals surface area contributed by atoms with E-state index in [1.165, 1.54) is 0 Å². The molecule has 1 aliphatic heterocycles. The van der Waals surface area contributed by atoms with E-state index in [2.05, 4.69) is 10.3 Å². The molecule has 1 aromatic carbocycles. The Labute approximate surface area is 118 Å². The molecule has 2 heterocycles. The molecule has 2 aromatic rings. The first kappa shape index (κ1) is 13.5. The minimum Gasteiger partial charge on any atom is -0.314 e. The third kappa shape index (κ3) is 2.19. The van der Waals surface area contributed by atoms with E-state index in [1.54, 1.807) is 28.7 Å². The summed E-state index contributed by atoms with van der Waals surface area (Å²) in [5, 5.41) is 3.89. The predicted octanol–water partition coefficient (Wildman–Crippen LogP) is 1.22. The van der Waals surface area contributed by atoms with E-state index in [0.29, 0.717) is 35.4 Å². The Hall–Kier alpha value is -1.50. The Morgan fingerprint density at radius 2 is 2.15 bits per heavy atom. The van der Waals surface area contributed by atoms with Crippen LogP contribution in [0.5, 0.6) is 0 Å². The summed E-state index contributed by atoms with van der Waals surface area (Å²) in [4.78, 5) is 4.57. The quantitative estimate of drug-likeness (QED) is 0.903. The summed E-state index contributed by atoms with van der Waals surface area (Å²) in [5.41, 5.74) is 0.705. The molecule has 1 saturated heterocycles. The predicted molar refractivity (Wildman–Crippen MR) is 78.0 cm³/mol. The third-order valence-electron chi connectivity index (χ3n) is 3.63. The Morgan fingerprint density at radius 3 is 2.95 bits per heavy atom. The number of sulfonamides is 1. The zero-order valence-electron chi connectivity index (χ0n) is 11.3. The largest absolute Gasteiger partial charge is 0.314 e. The monoisotopic (exact) mass is 291 g/mol. The maximum absolute atomic E-state index is 12.9. The molecule has 1 aliphatic rings. The van der Waals surface area contributed by atoms with Crippen molar-refractivity contribution in [2.45, 2.75) is 17.9 Å². The van der Waals surface area contributed by atoms with Crippen LogP contribution in [0.3, 0.4) is 0 Å². The van der Waals surface area contributed by atoms with Crippen molar-refractivity contribution in [1.29, 1.82) is 0 Å². The number of piperazine rings is 1. The molecule has 0 saturated carbocycles. The van der Waals surface area contributed by atoms with Gasteiger partial charge in [0.05, 0.1) is 10.4 Å². The van der Waals surface area contributed by atoms with Gasteiger partial charge in [0.2, 0.25) is 10.0 Å². The second kappa shape index (κ2) is 5.12. The molecule has 1 aromatic heterocycles. The standard InChI is InChI=1S/C14H17N3O2S/c1-11-10-15-8-9-17(11)20(18,19)14-6-2-5-13-12(14)4-3-7-16-13/h2-7,11,15H,8-10H2,1H3/t11-/m0/s1. The van der Waals surface area contributed by atoms with Gasteiger partial charge >= 0.3 is 0 Å². The van der Waals surface area contributed by atoms with Gasteiger partial charge in [-0.1, -0.05) is 6.07 Å². The highest BCUT2D eigenvalue weighted by molar-refractivity contribution is 7.89. The Morgan fingerprint density at radius 1 is 1.30 bits per heavy atom. The lowest BCUT2D eigenvalue weighted by molar-refractivity contribution is 0.284. The Balaban J connectivity index is 2.14. The zero-order valence-corrected chi connectivity index (χ0v) is 12.1. The molecule has 1 fully saturated rings. The van der Waals surface area contributed by atoms with Crippen LogP contribution in [0.25, 0.3) is 10.9 Å². The van der Waals surface area contributed by atoms with Gasteiger partial charge in [-0.25, -0.2) is 8.42 Å². The molecular weight excluding hydrogens is 274 g/mol. The van der Waals surface area contributed by atoms with Crippen molar-refractivity contribution >= 4 is 20.9 Å². The summed E-state index contributed by atoms with van der Waals surface area (Å²) in [7, 11) is -3.48. The van der Waals surface area contributed by atoms with Crippen LogP contribution in [0.2, 0.25) is 0 Å². The van der Waals surface area contributed by atoms with E-state index in [-0.39, 0.29) is 6.04 Å². The second-order valence-corrected chi connectivity index (χ2v) is 6.85. The van der Waals surface area contributed by atoms with Crippen LogP contribution in [0.15, 0.2) is 41.4 Å². The molecule has 20 heavy (non-hydrogen) atoms. The SMILES string of the molecule is C[C@H]1CNCCN1S(=O)(=O)c1cccc2ncccc12. The van der Waals surface area contributed by atoms with Gasteiger partial charge in [-0.05, 0) is 31.2 Å². The van der Waals surface area contributed by atoms with Crippen molar-refractivity contribution < 1.29 is 8.42 Å². The molecule has 6 heteroatoms. The van der Waals surface area contributed by atoms with Crippen molar-refractivity contribution in [2.75, 3.05) is 19.6 Å². The molecule has 0 unspecified atom stereocenters. The lowest BCUT2D eigenvalue weighted by Crippen LogP contribution is -2.52. The zero-order chi connectivity index (χ0) is 14.2. The maximum atomic E-state index is 12.9. The molecule has 1 atom stereocenters.